The van der Waals surface area contributed by atoms with Gasteiger partial charge in [-0.25, -0.2) is 4.98 Å². The lowest BCUT2D eigenvalue weighted by molar-refractivity contribution is 0.520. The van der Waals surface area contributed by atoms with Crippen molar-refractivity contribution in [3.63, 3.8) is 0 Å². The van der Waals surface area contributed by atoms with Crippen LogP contribution >= 0.6 is 0 Å². The Hall–Kier alpha value is -3.83. The number of nitroso groups, excluding NO2 is 1. The first-order chi connectivity index (χ1) is 17.9. The number of H-pyrrole nitrogens is 1. The molecule has 0 aliphatic carbocycles. The first-order valence-electron chi connectivity index (χ1n) is 11.9. The van der Waals surface area contributed by atoms with Crippen LogP contribution in [0.1, 0.15) is 11.1 Å². The van der Waals surface area contributed by atoms with Crippen LogP contribution in [0.4, 0.5) is 5.69 Å². The van der Waals surface area contributed by atoms with Crippen LogP contribution in [-0.4, -0.2) is 42.7 Å². The highest BCUT2D eigenvalue weighted by Crippen LogP contribution is 2.39. The van der Waals surface area contributed by atoms with E-state index in [1.54, 1.807) is 30.1 Å². The first kappa shape index (κ1) is 23.6. The summed E-state index contributed by atoms with van der Waals surface area (Å²) in [6.45, 7) is 1.67. The molecule has 3 heterocycles. The van der Waals surface area contributed by atoms with Gasteiger partial charge in [-0.1, -0.05) is 24.3 Å². The van der Waals surface area contributed by atoms with Gasteiger partial charge in [0.15, 0.2) is 16.4 Å². The lowest BCUT2D eigenvalue weighted by Crippen LogP contribution is -2.22. The van der Waals surface area contributed by atoms with Gasteiger partial charge in [-0.3, -0.25) is 4.68 Å². The lowest BCUT2D eigenvalue weighted by Gasteiger charge is -2.15. The SMILES string of the molecule is CN(C)[S+]([O-])c1ccc(-c2ccc(-c3nn(C)c(-c4nc5cc6c(cc5[nH]4)CNC6)c3N=O)cc2)cc1. The van der Waals surface area contributed by atoms with Gasteiger partial charge in [0.2, 0.25) is 0 Å². The Labute approximate surface area is 216 Å². The van der Waals surface area contributed by atoms with Gasteiger partial charge in [0.1, 0.15) is 11.4 Å². The standard InChI is InChI=1S/C27H25N7O2S/c1-33(2)37(36)21-10-8-17(9-11-21)16-4-6-18(7-5-16)24-25(32-35)26(34(3)31-24)27-29-22-12-19-14-28-15-20(19)13-23(22)30-27/h4-13,28H,14-15H2,1-3H3,(H,29,30). The molecule has 1 aliphatic rings. The lowest BCUT2D eigenvalue weighted by atomic mass is 10.0. The fourth-order valence-electron chi connectivity index (χ4n) is 4.77. The molecular formula is C27H25N7O2S. The highest BCUT2D eigenvalue weighted by molar-refractivity contribution is 7.89. The summed E-state index contributed by atoms with van der Waals surface area (Å²) >= 11 is -1.18. The Bertz CT molecular complexity index is 1580. The molecule has 2 aromatic heterocycles. The molecule has 6 rings (SSSR count). The van der Waals surface area contributed by atoms with E-state index in [1.165, 1.54) is 11.1 Å². The summed E-state index contributed by atoms with van der Waals surface area (Å²) in [4.78, 5) is 20.9. The minimum absolute atomic E-state index is 0.249. The average Bonchev–Trinajstić information content (AvgIpc) is 3.62. The minimum Gasteiger partial charge on any atom is -0.593 e. The molecule has 10 heteroatoms. The van der Waals surface area contributed by atoms with Gasteiger partial charge in [0.25, 0.3) is 0 Å². The number of aromatic amines is 1. The van der Waals surface area contributed by atoms with Crippen LogP contribution in [0.25, 0.3) is 44.9 Å². The second-order valence-corrected chi connectivity index (χ2v) is 11.0. The molecule has 0 amide bonds. The molecule has 5 aromatic rings. The summed E-state index contributed by atoms with van der Waals surface area (Å²) in [6.07, 6.45) is 0. The van der Waals surface area contributed by atoms with Gasteiger partial charge in [-0.05, 0) is 63.8 Å². The van der Waals surface area contributed by atoms with Crippen LogP contribution in [0.2, 0.25) is 0 Å². The van der Waals surface area contributed by atoms with E-state index in [1.807, 2.05) is 48.5 Å². The van der Waals surface area contributed by atoms with Crippen LogP contribution in [0.15, 0.2) is 70.7 Å². The molecule has 37 heavy (non-hydrogen) atoms. The summed E-state index contributed by atoms with van der Waals surface area (Å²) in [5.41, 5.74) is 8.35. The van der Waals surface area contributed by atoms with E-state index in [0.717, 1.165) is 45.7 Å². The third-order valence-electron chi connectivity index (χ3n) is 6.65. The molecule has 1 atom stereocenters. The van der Waals surface area contributed by atoms with E-state index < -0.39 is 11.4 Å². The molecule has 3 aromatic carbocycles. The number of nitrogens with one attached hydrogen (secondary N) is 2. The van der Waals surface area contributed by atoms with Crippen molar-refractivity contribution in [2.75, 3.05) is 14.1 Å². The fraction of sp³-hybridized carbons (Fsp3) is 0.185. The van der Waals surface area contributed by atoms with E-state index in [4.69, 9.17) is 4.98 Å². The molecule has 1 unspecified atom stereocenters. The number of benzene rings is 3. The maximum atomic E-state index is 12.3. The average molecular weight is 512 g/mol. The zero-order valence-electron chi connectivity index (χ0n) is 20.6. The fourth-order valence-corrected chi connectivity index (χ4v) is 5.56. The molecule has 9 nitrogen and oxygen atoms in total. The zero-order chi connectivity index (χ0) is 25.7. The van der Waals surface area contributed by atoms with Crippen molar-refractivity contribution in [3.05, 3.63) is 76.7 Å². The second kappa shape index (κ2) is 9.24. The molecule has 1 aliphatic heterocycles. The Balaban J connectivity index is 1.33. The Morgan fingerprint density at radius 2 is 1.59 bits per heavy atom. The van der Waals surface area contributed by atoms with E-state index >= 15 is 0 Å². The van der Waals surface area contributed by atoms with Crippen molar-refractivity contribution in [2.24, 2.45) is 12.2 Å². The quantitative estimate of drug-likeness (QED) is 0.248. The zero-order valence-corrected chi connectivity index (χ0v) is 21.5. The van der Waals surface area contributed by atoms with Crippen LogP contribution < -0.4 is 5.32 Å². The molecule has 0 bridgehead atoms. The van der Waals surface area contributed by atoms with E-state index in [0.29, 0.717) is 17.2 Å². The minimum atomic E-state index is -1.18. The van der Waals surface area contributed by atoms with Crippen LogP contribution in [0.5, 0.6) is 0 Å². The van der Waals surface area contributed by atoms with Gasteiger partial charge in [0, 0.05) is 39.8 Å². The molecule has 186 valence electrons. The van der Waals surface area contributed by atoms with Crippen molar-refractivity contribution in [2.45, 2.75) is 18.0 Å². The maximum Gasteiger partial charge on any atom is 0.174 e. The summed E-state index contributed by atoms with van der Waals surface area (Å²) < 4.78 is 15.6. The Kier molecular flexibility index (Phi) is 5.88. The molecule has 0 radical (unpaired) electrons. The molecule has 0 saturated heterocycles. The number of aromatic nitrogens is 4. The van der Waals surface area contributed by atoms with Gasteiger partial charge in [-0.15, -0.1) is 9.21 Å². The number of nitrogens with zero attached hydrogens (tertiary/aromatic N) is 5. The van der Waals surface area contributed by atoms with Crippen LogP contribution in [-0.2, 0) is 31.5 Å². The molecule has 0 spiro atoms. The van der Waals surface area contributed by atoms with Gasteiger partial charge in [0.05, 0.1) is 22.4 Å². The van der Waals surface area contributed by atoms with Crippen LogP contribution in [0, 0.1) is 4.91 Å². The predicted molar refractivity (Wildman–Crippen MR) is 145 cm³/mol. The predicted octanol–water partition coefficient (Wildman–Crippen LogP) is 4.88. The van der Waals surface area contributed by atoms with Crippen molar-refractivity contribution in [3.8, 4) is 33.9 Å². The van der Waals surface area contributed by atoms with E-state index in [2.05, 4.69) is 32.7 Å². The van der Waals surface area contributed by atoms with Crippen molar-refractivity contribution < 1.29 is 4.55 Å². The number of imidazole rings is 1. The van der Waals surface area contributed by atoms with Crippen LogP contribution in [0.3, 0.4) is 0 Å². The van der Waals surface area contributed by atoms with E-state index in [-0.39, 0.29) is 5.69 Å². The Morgan fingerprint density at radius 1 is 0.973 bits per heavy atom. The third kappa shape index (κ3) is 4.13. The molecular weight excluding hydrogens is 486 g/mol. The Morgan fingerprint density at radius 3 is 2.24 bits per heavy atom. The van der Waals surface area contributed by atoms with Gasteiger partial charge < -0.3 is 14.9 Å². The van der Waals surface area contributed by atoms with Crippen molar-refractivity contribution >= 4 is 28.1 Å². The smallest absolute Gasteiger partial charge is 0.174 e. The number of fused-ring (bicyclic) bond motifs is 2. The van der Waals surface area contributed by atoms with Crippen molar-refractivity contribution in [1.82, 2.24) is 29.4 Å². The molecule has 2 N–H and O–H groups in total. The third-order valence-corrected chi connectivity index (χ3v) is 7.99. The summed E-state index contributed by atoms with van der Waals surface area (Å²) in [6, 6.07) is 19.7. The summed E-state index contributed by atoms with van der Waals surface area (Å²) in [5.74, 6) is 0.564. The highest BCUT2D eigenvalue weighted by atomic mass is 32.2. The normalized spacial score (nSPS) is 13.9. The highest BCUT2D eigenvalue weighted by Gasteiger charge is 2.23. The van der Waals surface area contributed by atoms with Gasteiger partial charge in [-0.2, -0.15) is 5.10 Å². The summed E-state index contributed by atoms with van der Waals surface area (Å²) in [5, 5.41) is 11.3. The topological polar surface area (TPSA) is 114 Å². The summed E-state index contributed by atoms with van der Waals surface area (Å²) in [7, 11) is 5.36. The number of aryl methyl sites for hydroxylation is 1. The molecule has 0 fully saturated rings. The number of hydrogen-bond acceptors (Lipinski definition) is 7. The first-order valence-corrected chi connectivity index (χ1v) is 13.0. The number of rotatable bonds is 6. The monoisotopic (exact) mass is 511 g/mol. The largest absolute Gasteiger partial charge is 0.593 e. The van der Waals surface area contributed by atoms with E-state index in [9.17, 15) is 9.46 Å². The van der Waals surface area contributed by atoms with Crippen molar-refractivity contribution in [1.29, 1.82) is 0 Å². The second-order valence-electron chi connectivity index (χ2n) is 9.25. The number of hydrogen-bond donors (Lipinski definition) is 2. The van der Waals surface area contributed by atoms with Gasteiger partial charge >= 0.3 is 0 Å². The molecule has 0 saturated carbocycles. The maximum absolute atomic E-state index is 12.3.